The van der Waals surface area contributed by atoms with Crippen molar-refractivity contribution in [3.8, 4) is 0 Å². The van der Waals surface area contributed by atoms with Crippen LogP contribution >= 0.6 is 0 Å². The normalized spacial score (nSPS) is 14.2. The average molecular weight is 219 g/mol. The van der Waals surface area contributed by atoms with Gasteiger partial charge in [0.25, 0.3) is 0 Å². The molecule has 0 aliphatic rings. The van der Waals surface area contributed by atoms with Gasteiger partial charge < -0.3 is 5.21 Å². The highest BCUT2D eigenvalue weighted by molar-refractivity contribution is 5.59. The van der Waals surface area contributed by atoms with Crippen LogP contribution in [0.15, 0.2) is 29.4 Å². The summed E-state index contributed by atoms with van der Waals surface area (Å²) >= 11 is 0. The van der Waals surface area contributed by atoms with E-state index in [-0.39, 0.29) is 11.3 Å². The molecule has 1 atom stereocenters. The highest BCUT2D eigenvalue weighted by Gasteiger charge is 2.12. The molecule has 1 N–H and O–H groups in total. The molecule has 2 nitrogen and oxygen atoms in total. The molecular formula is C14H21NO. The fourth-order valence-electron chi connectivity index (χ4n) is 1.68. The predicted molar refractivity (Wildman–Crippen MR) is 68.3 cm³/mol. The zero-order valence-electron chi connectivity index (χ0n) is 10.6. The van der Waals surface area contributed by atoms with Gasteiger partial charge in [0.05, 0.1) is 0 Å². The van der Waals surface area contributed by atoms with Gasteiger partial charge in [-0.3, -0.25) is 0 Å². The van der Waals surface area contributed by atoms with Gasteiger partial charge in [0.15, 0.2) is 0 Å². The summed E-state index contributed by atoms with van der Waals surface area (Å²) in [7, 11) is 0. The standard InChI is InChI=1S/C14H21NO/c1-11(10-15-16)9-12-5-7-13(8-6-12)14(2,3)4/h5-8,10-11,16H,9H2,1-4H3/b15-10+. The molecule has 1 rings (SSSR count). The highest BCUT2D eigenvalue weighted by Crippen LogP contribution is 2.22. The first-order valence-electron chi connectivity index (χ1n) is 5.70. The Bertz CT molecular complexity index is 346. The lowest BCUT2D eigenvalue weighted by molar-refractivity contribution is 0.318. The molecule has 0 amide bonds. The molecule has 0 saturated carbocycles. The third-order valence-corrected chi connectivity index (χ3v) is 2.70. The molecule has 0 bridgehead atoms. The fraction of sp³-hybridized carbons (Fsp3) is 0.500. The molecule has 2 heteroatoms. The van der Waals surface area contributed by atoms with E-state index in [0.29, 0.717) is 0 Å². The monoisotopic (exact) mass is 219 g/mol. The first kappa shape index (κ1) is 12.8. The van der Waals surface area contributed by atoms with Crippen LogP contribution in [0.4, 0.5) is 0 Å². The molecule has 0 heterocycles. The largest absolute Gasteiger partial charge is 0.411 e. The van der Waals surface area contributed by atoms with Crippen LogP contribution in [0.3, 0.4) is 0 Å². The predicted octanol–water partition coefficient (Wildman–Crippen LogP) is 3.62. The van der Waals surface area contributed by atoms with Crippen molar-refractivity contribution in [3.63, 3.8) is 0 Å². The minimum absolute atomic E-state index is 0.205. The van der Waals surface area contributed by atoms with Gasteiger partial charge in [0.1, 0.15) is 0 Å². The third-order valence-electron chi connectivity index (χ3n) is 2.70. The summed E-state index contributed by atoms with van der Waals surface area (Å²) in [5.74, 6) is 0.269. The second kappa shape index (κ2) is 5.15. The van der Waals surface area contributed by atoms with Crippen LogP contribution in [0, 0.1) is 5.92 Å². The molecule has 1 aromatic rings. The van der Waals surface area contributed by atoms with Crippen LogP contribution in [0.25, 0.3) is 0 Å². The summed E-state index contributed by atoms with van der Waals surface area (Å²) < 4.78 is 0. The summed E-state index contributed by atoms with van der Waals surface area (Å²) in [5, 5.41) is 11.5. The lowest BCUT2D eigenvalue weighted by atomic mass is 9.86. The van der Waals surface area contributed by atoms with Gasteiger partial charge in [-0.25, -0.2) is 0 Å². The van der Waals surface area contributed by atoms with Gasteiger partial charge in [-0.15, -0.1) is 5.16 Å². The SMILES string of the molecule is CC(/C=N/O)Cc1ccc(C(C)(C)C)cc1. The summed E-state index contributed by atoms with van der Waals surface area (Å²) in [5.41, 5.74) is 2.83. The van der Waals surface area contributed by atoms with Gasteiger partial charge in [0, 0.05) is 6.21 Å². The van der Waals surface area contributed by atoms with Crippen molar-refractivity contribution in [2.45, 2.75) is 39.5 Å². The van der Waals surface area contributed by atoms with E-state index in [2.05, 4.69) is 50.2 Å². The van der Waals surface area contributed by atoms with E-state index in [1.807, 2.05) is 6.92 Å². The van der Waals surface area contributed by atoms with Crippen LogP contribution in [0.1, 0.15) is 38.8 Å². The number of hydrogen-bond donors (Lipinski definition) is 1. The van der Waals surface area contributed by atoms with Crippen molar-refractivity contribution in [2.24, 2.45) is 11.1 Å². The average Bonchev–Trinajstić information content (AvgIpc) is 2.17. The molecular weight excluding hydrogens is 198 g/mol. The molecule has 0 aliphatic heterocycles. The van der Waals surface area contributed by atoms with Crippen molar-refractivity contribution >= 4 is 6.21 Å². The molecule has 1 unspecified atom stereocenters. The van der Waals surface area contributed by atoms with Crippen LogP contribution in [-0.2, 0) is 11.8 Å². The van der Waals surface area contributed by atoms with Crippen molar-refractivity contribution < 1.29 is 5.21 Å². The molecule has 16 heavy (non-hydrogen) atoms. The van der Waals surface area contributed by atoms with E-state index < -0.39 is 0 Å². The Morgan fingerprint density at radius 1 is 1.25 bits per heavy atom. The van der Waals surface area contributed by atoms with E-state index in [1.165, 1.54) is 11.1 Å². The third kappa shape index (κ3) is 3.69. The number of hydrogen-bond acceptors (Lipinski definition) is 2. The van der Waals surface area contributed by atoms with Gasteiger partial charge in [-0.2, -0.15) is 0 Å². The zero-order chi connectivity index (χ0) is 12.2. The highest BCUT2D eigenvalue weighted by atomic mass is 16.4. The number of rotatable bonds is 3. The van der Waals surface area contributed by atoms with E-state index in [1.54, 1.807) is 6.21 Å². The van der Waals surface area contributed by atoms with Gasteiger partial charge in [-0.1, -0.05) is 52.0 Å². The van der Waals surface area contributed by atoms with Crippen molar-refractivity contribution in [1.29, 1.82) is 0 Å². The summed E-state index contributed by atoms with van der Waals surface area (Å²) in [4.78, 5) is 0. The summed E-state index contributed by atoms with van der Waals surface area (Å²) in [6.07, 6.45) is 2.48. The first-order valence-corrected chi connectivity index (χ1v) is 5.70. The molecule has 0 spiro atoms. The maximum atomic E-state index is 8.43. The number of nitrogens with zero attached hydrogens (tertiary/aromatic N) is 1. The Hall–Kier alpha value is -1.31. The van der Waals surface area contributed by atoms with Gasteiger partial charge in [0.2, 0.25) is 0 Å². The number of oxime groups is 1. The molecule has 0 radical (unpaired) electrons. The Morgan fingerprint density at radius 3 is 2.25 bits per heavy atom. The second-order valence-corrected chi connectivity index (χ2v) is 5.39. The smallest absolute Gasteiger partial charge is 0.0467 e. The summed E-state index contributed by atoms with van der Waals surface area (Å²) in [6, 6.07) is 8.67. The van der Waals surface area contributed by atoms with Gasteiger partial charge >= 0.3 is 0 Å². The Labute approximate surface area is 98.0 Å². The van der Waals surface area contributed by atoms with E-state index in [9.17, 15) is 0 Å². The maximum absolute atomic E-state index is 8.43. The minimum Gasteiger partial charge on any atom is -0.411 e. The van der Waals surface area contributed by atoms with Crippen LogP contribution in [0.5, 0.6) is 0 Å². The lowest BCUT2D eigenvalue weighted by Gasteiger charge is -2.19. The van der Waals surface area contributed by atoms with Crippen molar-refractivity contribution in [2.75, 3.05) is 0 Å². The van der Waals surface area contributed by atoms with E-state index in [4.69, 9.17) is 5.21 Å². The minimum atomic E-state index is 0.205. The quantitative estimate of drug-likeness (QED) is 0.470. The Balaban J connectivity index is 2.72. The van der Waals surface area contributed by atoms with Crippen LogP contribution in [0.2, 0.25) is 0 Å². The van der Waals surface area contributed by atoms with E-state index in [0.717, 1.165) is 6.42 Å². The number of benzene rings is 1. The first-order chi connectivity index (χ1) is 7.43. The van der Waals surface area contributed by atoms with Gasteiger partial charge in [-0.05, 0) is 28.9 Å². The Kier molecular flexibility index (Phi) is 4.11. The fourth-order valence-corrected chi connectivity index (χ4v) is 1.68. The lowest BCUT2D eigenvalue weighted by Crippen LogP contribution is -2.11. The topological polar surface area (TPSA) is 32.6 Å². The molecule has 0 aliphatic carbocycles. The molecule has 0 saturated heterocycles. The molecule has 0 aromatic heterocycles. The van der Waals surface area contributed by atoms with E-state index >= 15 is 0 Å². The molecule has 88 valence electrons. The summed E-state index contributed by atoms with van der Waals surface area (Å²) in [6.45, 7) is 8.67. The van der Waals surface area contributed by atoms with Crippen LogP contribution < -0.4 is 0 Å². The van der Waals surface area contributed by atoms with Crippen LogP contribution in [-0.4, -0.2) is 11.4 Å². The maximum Gasteiger partial charge on any atom is 0.0467 e. The van der Waals surface area contributed by atoms with Crippen molar-refractivity contribution in [3.05, 3.63) is 35.4 Å². The Morgan fingerprint density at radius 2 is 1.81 bits per heavy atom. The zero-order valence-corrected chi connectivity index (χ0v) is 10.6. The second-order valence-electron chi connectivity index (χ2n) is 5.39. The van der Waals surface area contributed by atoms with Crippen molar-refractivity contribution in [1.82, 2.24) is 0 Å². The molecule has 0 fully saturated rings. The molecule has 1 aromatic carbocycles.